The van der Waals surface area contributed by atoms with Crippen LogP contribution in [0.15, 0.2) is 46.2 Å². The molecule has 2 N–H and O–H groups in total. The van der Waals surface area contributed by atoms with E-state index in [0.29, 0.717) is 6.07 Å². The zero-order valence-corrected chi connectivity index (χ0v) is 16.1. The smallest absolute Gasteiger partial charge is 0.339 e. The van der Waals surface area contributed by atoms with Crippen LogP contribution in [0.25, 0.3) is 11.1 Å². The van der Waals surface area contributed by atoms with Crippen molar-refractivity contribution in [3.8, 4) is 11.1 Å². The first-order chi connectivity index (χ1) is 12.9. The van der Waals surface area contributed by atoms with E-state index in [-0.39, 0.29) is 5.56 Å². The van der Waals surface area contributed by atoms with Crippen molar-refractivity contribution in [1.29, 1.82) is 0 Å². The van der Waals surface area contributed by atoms with E-state index in [1.165, 1.54) is 18.2 Å². The van der Waals surface area contributed by atoms with Crippen molar-refractivity contribution in [1.82, 2.24) is 0 Å². The van der Waals surface area contributed by atoms with Gasteiger partial charge in [-0.1, -0.05) is 18.2 Å². The zero-order chi connectivity index (χ0) is 21.3. The Kier molecular flexibility index (Phi) is 5.89. The molecule has 0 aliphatic rings. The quantitative estimate of drug-likeness (QED) is 0.524. The molecule has 2 aromatic carbocycles. The first-order valence-electron chi connectivity index (χ1n) is 7.31. The summed E-state index contributed by atoms with van der Waals surface area (Å²) in [4.78, 5) is 22.5. The normalized spacial score (nSPS) is 11.7. The van der Waals surface area contributed by atoms with Gasteiger partial charge < -0.3 is 9.47 Å². The summed E-state index contributed by atoms with van der Waals surface area (Å²) in [5.74, 6) is -2.25. The molecule has 28 heavy (non-hydrogen) atoms. The summed E-state index contributed by atoms with van der Waals surface area (Å²) in [5, 5.41) is 0. The number of ether oxygens (including phenoxy) is 2. The van der Waals surface area contributed by atoms with Crippen LogP contribution in [0.3, 0.4) is 0 Å². The van der Waals surface area contributed by atoms with Gasteiger partial charge in [0.2, 0.25) is 0 Å². The average Bonchev–Trinajstić information content (AvgIpc) is 2.64. The Labute approximate surface area is 160 Å². The monoisotopic (exact) mass is 430 g/mol. The van der Waals surface area contributed by atoms with E-state index >= 15 is 0 Å². The second kappa shape index (κ2) is 7.67. The van der Waals surface area contributed by atoms with E-state index in [1.54, 1.807) is 0 Å². The highest BCUT2D eigenvalue weighted by Crippen LogP contribution is 2.35. The van der Waals surface area contributed by atoms with Crippen LogP contribution in [-0.4, -0.2) is 52.1 Å². The molecule has 0 spiro atoms. The first-order valence-corrected chi connectivity index (χ1v) is 10.2. The van der Waals surface area contributed by atoms with Gasteiger partial charge in [0.1, 0.15) is 9.79 Å². The lowest BCUT2D eigenvalue weighted by molar-refractivity contribution is 0.0583. The van der Waals surface area contributed by atoms with E-state index in [4.69, 9.17) is 0 Å². The number of carbonyl (C=O) groups is 2. The van der Waals surface area contributed by atoms with Crippen LogP contribution >= 0.6 is 0 Å². The number of esters is 2. The minimum absolute atomic E-state index is 0.305. The molecule has 0 atom stereocenters. The number of methoxy groups -OCH3 is 2. The molecule has 0 bridgehead atoms. The topological polar surface area (TPSA) is 161 Å². The fourth-order valence-electron chi connectivity index (χ4n) is 2.49. The molecule has 150 valence electrons. The third kappa shape index (κ3) is 4.20. The van der Waals surface area contributed by atoms with Crippen molar-refractivity contribution in [2.24, 2.45) is 0 Å². The summed E-state index contributed by atoms with van der Waals surface area (Å²) in [5.41, 5.74) is -1.83. The highest BCUT2D eigenvalue weighted by molar-refractivity contribution is 7.86. The van der Waals surface area contributed by atoms with Crippen LogP contribution < -0.4 is 0 Å². The maximum absolute atomic E-state index is 12.3. The summed E-state index contributed by atoms with van der Waals surface area (Å²) in [6.07, 6.45) is 0. The minimum atomic E-state index is -5.05. The van der Waals surface area contributed by atoms with Crippen molar-refractivity contribution < 1.29 is 45.0 Å². The molecular weight excluding hydrogens is 416 g/mol. The molecule has 0 heterocycles. The van der Waals surface area contributed by atoms with Crippen LogP contribution in [0, 0.1) is 0 Å². The summed E-state index contributed by atoms with van der Waals surface area (Å²) in [6, 6.07) is 6.47. The molecule has 0 unspecified atom stereocenters. The van der Waals surface area contributed by atoms with Gasteiger partial charge >= 0.3 is 11.9 Å². The molecule has 12 heteroatoms. The summed E-state index contributed by atoms with van der Waals surface area (Å²) in [6.45, 7) is 0. The Bertz CT molecular complexity index is 1160. The van der Waals surface area contributed by atoms with Gasteiger partial charge in [-0.3, -0.25) is 9.11 Å². The molecule has 0 aliphatic heterocycles. The maximum Gasteiger partial charge on any atom is 0.339 e. The number of hydrogen-bond acceptors (Lipinski definition) is 8. The maximum atomic E-state index is 12.3. The molecule has 0 aromatic heterocycles. The van der Waals surface area contributed by atoms with Gasteiger partial charge in [0, 0.05) is 5.56 Å². The number of benzene rings is 2. The Morgan fingerprint density at radius 3 is 1.82 bits per heavy atom. The van der Waals surface area contributed by atoms with E-state index in [2.05, 4.69) is 9.47 Å². The van der Waals surface area contributed by atoms with Gasteiger partial charge in [-0.2, -0.15) is 16.8 Å². The van der Waals surface area contributed by atoms with Crippen molar-refractivity contribution in [3.63, 3.8) is 0 Å². The van der Waals surface area contributed by atoms with Gasteiger partial charge in [-0.15, -0.1) is 0 Å². The Morgan fingerprint density at radius 1 is 0.786 bits per heavy atom. The highest BCUT2D eigenvalue weighted by atomic mass is 32.2. The van der Waals surface area contributed by atoms with Crippen LogP contribution in [0.5, 0.6) is 0 Å². The second-order valence-electron chi connectivity index (χ2n) is 5.33. The number of carbonyl (C=O) groups excluding carboxylic acids is 2. The van der Waals surface area contributed by atoms with Crippen LogP contribution in [0.2, 0.25) is 0 Å². The molecular formula is C16H14O10S2. The van der Waals surface area contributed by atoms with Crippen LogP contribution in [0.1, 0.15) is 20.7 Å². The fourth-order valence-corrected chi connectivity index (χ4v) is 3.93. The Hall–Kier alpha value is -2.80. The van der Waals surface area contributed by atoms with Gasteiger partial charge in [-0.05, 0) is 23.8 Å². The molecule has 0 amide bonds. The lowest BCUT2D eigenvalue weighted by Gasteiger charge is -2.15. The van der Waals surface area contributed by atoms with E-state index in [0.717, 1.165) is 26.4 Å². The zero-order valence-electron chi connectivity index (χ0n) is 14.4. The van der Waals surface area contributed by atoms with E-state index < -0.39 is 58.7 Å². The van der Waals surface area contributed by atoms with Crippen molar-refractivity contribution in [2.45, 2.75) is 9.79 Å². The van der Waals surface area contributed by atoms with Gasteiger partial charge in [0.25, 0.3) is 20.2 Å². The Balaban J connectivity index is 3.10. The molecule has 0 fully saturated rings. The van der Waals surface area contributed by atoms with Gasteiger partial charge in [-0.25, -0.2) is 9.59 Å². The predicted octanol–water partition coefficient (Wildman–Crippen LogP) is 1.42. The van der Waals surface area contributed by atoms with Crippen molar-refractivity contribution in [3.05, 3.63) is 47.5 Å². The summed E-state index contributed by atoms with van der Waals surface area (Å²) < 4.78 is 75.2. The molecule has 2 aromatic rings. The molecule has 0 radical (unpaired) electrons. The van der Waals surface area contributed by atoms with Crippen LogP contribution in [-0.2, 0) is 29.7 Å². The summed E-state index contributed by atoms with van der Waals surface area (Å²) >= 11 is 0. The van der Waals surface area contributed by atoms with Gasteiger partial charge in [0.15, 0.2) is 0 Å². The largest absolute Gasteiger partial charge is 0.465 e. The van der Waals surface area contributed by atoms with Crippen molar-refractivity contribution >= 4 is 32.2 Å². The molecule has 10 nitrogen and oxygen atoms in total. The van der Waals surface area contributed by atoms with Gasteiger partial charge in [0.05, 0.1) is 25.3 Å². The first kappa shape index (κ1) is 21.5. The molecule has 0 saturated heterocycles. The molecule has 0 saturated carbocycles. The molecule has 2 rings (SSSR count). The average molecular weight is 430 g/mol. The number of hydrogen-bond donors (Lipinski definition) is 2. The second-order valence-corrected chi connectivity index (χ2v) is 8.11. The molecule has 0 aliphatic carbocycles. The number of rotatable bonds is 5. The third-order valence-corrected chi connectivity index (χ3v) is 5.44. The Morgan fingerprint density at radius 2 is 1.32 bits per heavy atom. The van der Waals surface area contributed by atoms with Crippen LogP contribution in [0.4, 0.5) is 0 Å². The lowest BCUT2D eigenvalue weighted by Crippen LogP contribution is -2.15. The third-order valence-electron chi connectivity index (χ3n) is 3.65. The summed E-state index contributed by atoms with van der Waals surface area (Å²) in [7, 11) is -7.91. The van der Waals surface area contributed by atoms with Crippen molar-refractivity contribution in [2.75, 3.05) is 14.2 Å². The SMILES string of the molecule is COC(=O)c1cc(-c2ccccc2S(=O)(=O)O)c(C(=O)OC)c(S(=O)(=O)O)c1. The lowest BCUT2D eigenvalue weighted by atomic mass is 9.97. The predicted molar refractivity (Wildman–Crippen MR) is 94.2 cm³/mol. The highest BCUT2D eigenvalue weighted by Gasteiger charge is 2.30. The van der Waals surface area contributed by atoms with E-state index in [9.17, 15) is 35.5 Å². The van der Waals surface area contributed by atoms with E-state index in [1.807, 2.05) is 0 Å². The fraction of sp³-hybridized carbons (Fsp3) is 0.125. The minimum Gasteiger partial charge on any atom is -0.465 e. The standard InChI is InChI=1S/C16H14O10S2/c1-25-15(17)9-7-11(10-5-3-4-6-12(10)27(19,20)21)14(16(18)26-2)13(8-9)28(22,23)24/h3-8H,1-2H3,(H,19,20,21)(H,22,23,24).